The Kier molecular flexibility index (Phi) is 1.71. The van der Waals surface area contributed by atoms with Crippen molar-refractivity contribution in [2.45, 2.75) is 13.3 Å². The van der Waals surface area contributed by atoms with Crippen LogP contribution in [0.25, 0.3) is 0 Å². The van der Waals surface area contributed by atoms with E-state index < -0.39 is 0 Å². The molecule has 4 nitrogen and oxygen atoms in total. The zero-order chi connectivity index (χ0) is 7.56. The normalized spacial score (nSPS) is 9.70. The summed E-state index contributed by atoms with van der Waals surface area (Å²) in [6.45, 7) is 1.99. The van der Waals surface area contributed by atoms with E-state index in [9.17, 15) is 0 Å². The molecule has 0 aliphatic heterocycles. The monoisotopic (exact) mass is 138 g/mol. The molecule has 1 heterocycles. The highest BCUT2D eigenvalue weighted by Gasteiger charge is 1.95. The molecule has 0 radical (unpaired) electrons. The molecule has 4 heteroatoms. The Morgan fingerprint density at radius 2 is 2.10 bits per heavy atom. The van der Waals surface area contributed by atoms with E-state index in [1.54, 1.807) is 6.07 Å². The van der Waals surface area contributed by atoms with E-state index in [-0.39, 0.29) is 5.95 Å². The molecule has 0 saturated carbocycles. The van der Waals surface area contributed by atoms with Gasteiger partial charge in [0.05, 0.1) is 0 Å². The molecule has 0 spiro atoms. The van der Waals surface area contributed by atoms with Crippen LogP contribution in [0.15, 0.2) is 6.07 Å². The molecule has 10 heavy (non-hydrogen) atoms. The van der Waals surface area contributed by atoms with E-state index in [1.807, 2.05) is 6.92 Å². The van der Waals surface area contributed by atoms with Crippen LogP contribution in [0, 0.1) is 0 Å². The SMILES string of the molecule is CCc1cc(N)nc(N)n1. The zero-order valence-electron chi connectivity index (χ0n) is 5.83. The number of aromatic nitrogens is 2. The highest BCUT2D eigenvalue weighted by molar-refractivity contribution is 5.35. The van der Waals surface area contributed by atoms with Crippen molar-refractivity contribution < 1.29 is 0 Å². The maximum Gasteiger partial charge on any atom is 0.222 e. The van der Waals surface area contributed by atoms with E-state index in [1.165, 1.54) is 0 Å². The van der Waals surface area contributed by atoms with Gasteiger partial charge < -0.3 is 11.5 Å². The van der Waals surface area contributed by atoms with Crippen molar-refractivity contribution in [3.63, 3.8) is 0 Å². The minimum Gasteiger partial charge on any atom is -0.384 e. The van der Waals surface area contributed by atoms with Crippen LogP contribution in [0.5, 0.6) is 0 Å². The van der Waals surface area contributed by atoms with Gasteiger partial charge in [0.2, 0.25) is 5.95 Å². The third-order valence-corrected chi connectivity index (χ3v) is 1.18. The minimum atomic E-state index is 0.247. The van der Waals surface area contributed by atoms with Gasteiger partial charge in [-0.25, -0.2) is 4.98 Å². The third-order valence-electron chi connectivity index (χ3n) is 1.18. The van der Waals surface area contributed by atoms with Crippen LogP contribution in [-0.4, -0.2) is 9.97 Å². The molecule has 54 valence electrons. The van der Waals surface area contributed by atoms with Gasteiger partial charge in [-0.1, -0.05) is 6.92 Å². The molecule has 4 N–H and O–H groups in total. The average Bonchev–Trinajstić information content (AvgIpc) is 1.85. The number of nitrogen functional groups attached to an aromatic ring is 2. The summed E-state index contributed by atoms with van der Waals surface area (Å²) in [5.74, 6) is 0.682. The summed E-state index contributed by atoms with van der Waals surface area (Å²) in [5.41, 5.74) is 11.6. The molecule has 0 atom stereocenters. The first kappa shape index (κ1) is 6.80. The molecule has 0 bridgehead atoms. The lowest BCUT2D eigenvalue weighted by atomic mass is 10.3. The first-order valence-electron chi connectivity index (χ1n) is 3.11. The van der Waals surface area contributed by atoms with Crippen LogP contribution >= 0.6 is 0 Å². The number of hydrogen-bond donors (Lipinski definition) is 2. The second kappa shape index (κ2) is 2.51. The topological polar surface area (TPSA) is 77.8 Å². The Bertz CT molecular complexity index is 213. The maximum absolute atomic E-state index is 5.40. The largest absolute Gasteiger partial charge is 0.384 e. The summed E-state index contributed by atoms with van der Waals surface area (Å²) in [7, 11) is 0. The van der Waals surface area contributed by atoms with Gasteiger partial charge in [-0.2, -0.15) is 4.98 Å². The molecule has 1 aromatic rings. The Balaban J connectivity index is 3.06. The predicted octanol–water partition coefficient (Wildman–Crippen LogP) is 0.203. The number of aryl methyl sites for hydroxylation is 1. The zero-order valence-corrected chi connectivity index (χ0v) is 5.83. The molecule has 0 amide bonds. The standard InChI is InChI=1S/C6H10N4/c1-2-4-3-5(7)10-6(8)9-4/h3H,2H2,1H3,(H4,7,8,9,10). The Hall–Kier alpha value is -1.32. The number of hydrogen-bond acceptors (Lipinski definition) is 4. The van der Waals surface area contributed by atoms with E-state index in [0.717, 1.165) is 12.1 Å². The fourth-order valence-electron chi connectivity index (χ4n) is 0.721. The fourth-order valence-corrected chi connectivity index (χ4v) is 0.721. The van der Waals surface area contributed by atoms with Crippen LogP contribution in [0.4, 0.5) is 11.8 Å². The average molecular weight is 138 g/mol. The summed E-state index contributed by atoms with van der Waals surface area (Å²) < 4.78 is 0. The minimum absolute atomic E-state index is 0.247. The Morgan fingerprint density at radius 1 is 1.40 bits per heavy atom. The highest BCUT2D eigenvalue weighted by atomic mass is 15.0. The molecule has 0 saturated heterocycles. The Morgan fingerprint density at radius 3 is 2.60 bits per heavy atom. The smallest absolute Gasteiger partial charge is 0.222 e. The summed E-state index contributed by atoms with van der Waals surface area (Å²) in [4.78, 5) is 7.67. The number of rotatable bonds is 1. The quantitative estimate of drug-likeness (QED) is 0.581. The van der Waals surface area contributed by atoms with Crippen LogP contribution in [0.1, 0.15) is 12.6 Å². The van der Waals surface area contributed by atoms with Gasteiger partial charge in [0, 0.05) is 11.8 Å². The third kappa shape index (κ3) is 1.34. The van der Waals surface area contributed by atoms with Crippen molar-refractivity contribution in [1.82, 2.24) is 9.97 Å². The lowest BCUT2D eigenvalue weighted by Gasteiger charge is -1.97. The van der Waals surface area contributed by atoms with Crippen LogP contribution < -0.4 is 11.5 Å². The highest BCUT2D eigenvalue weighted by Crippen LogP contribution is 2.03. The molecule has 1 rings (SSSR count). The van der Waals surface area contributed by atoms with E-state index >= 15 is 0 Å². The van der Waals surface area contributed by atoms with Crippen LogP contribution in [0.2, 0.25) is 0 Å². The second-order valence-corrected chi connectivity index (χ2v) is 2.00. The van der Waals surface area contributed by atoms with Gasteiger partial charge in [-0.3, -0.25) is 0 Å². The maximum atomic E-state index is 5.40. The van der Waals surface area contributed by atoms with E-state index in [0.29, 0.717) is 5.82 Å². The van der Waals surface area contributed by atoms with Gasteiger partial charge >= 0.3 is 0 Å². The Labute approximate surface area is 59.3 Å². The number of nitrogens with two attached hydrogens (primary N) is 2. The van der Waals surface area contributed by atoms with Crippen molar-refractivity contribution in [1.29, 1.82) is 0 Å². The van der Waals surface area contributed by atoms with Crippen LogP contribution in [-0.2, 0) is 6.42 Å². The molecule has 0 aromatic carbocycles. The van der Waals surface area contributed by atoms with E-state index in [2.05, 4.69) is 9.97 Å². The molecule has 0 unspecified atom stereocenters. The first-order chi connectivity index (χ1) is 4.72. The van der Waals surface area contributed by atoms with Crippen molar-refractivity contribution in [2.24, 2.45) is 0 Å². The molecule has 0 aliphatic rings. The van der Waals surface area contributed by atoms with Gasteiger partial charge in [0.25, 0.3) is 0 Å². The van der Waals surface area contributed by atoms with Crippen LogP contribution in [0.3, 0.4) is 0 Å². The number of nitrogens with zero attached hydrogens (tertiary/aromatic N) is 2. The van der Waals surface area contributed by atoms with Crippen molar-refractivity contribution in [3.05, 3.63) is 11.8 Å². The lowest BCUT2D eigenvalue weighted by molar-refractivity contribution is 1.01. The molecule has 0 aliphatic carbocycles. The van der Waals surface area contributed by atoms with Gasteiger partial charge in [-0.05, 0) is 6.42 Å². The molecule has 0 fully saturated rings. The van der Waals surface area contributed by atoms with E-state index in [4.69, 9.17) is 11.5 Å². The van der Waals surface area contributed by atoms with Crippen molar-refractivity contribution in [2.75, 3.05) is 11.5 Å². The second-order valence-electron chi connectivity index (χ2n) is 2.00. The molecular formula is C6H10N4. The van der Waals surface area contributed by atoms with Gasteiger partial charge in [-0.15, -0.1) is 0 Å². The lowest BCUT2D eigenvalue weighted by Crippen LogP contribution is -2.01. The number of anilines is 2. The van der Waals surface area contributed by atoms with Gasteiger partial charge in [0.1, 0.15) is 5.82 Å². The molecular weight excluding hydrogens is 128 g/mol. The molecule has 1 aromatic heterocycles. The fraction of sp³-hybridized carbons (Fsp3) is 0.333. The predicted molar refractivity (Wildman–Crippen MR) is 40.2 cm³/mol. The van der Waals surface area contributed by atoms with Crippen molar-refractivity contribution >= 4 is 11.8 Å². The van der Waals surface area contributed by atoms with Crippen molar-refractivity contribution in [3.8, 4) is 0 Å². The first-order valence-corrected chi connectivity index (χ1v) is 3.11. The summed E-state index contributed by atoms with van der Waals surface area (Å²) in [6, 6.07) is 1.72. The summed E-state index contributed by atoms with van der Waals surface area (Å²) in [5, 5.41) is 0. The summed E-state index contributed by atoms with van der Waals surface area (Å²) >= 11 is 0. The summed E-state index contributed by atoms with van der Waals surface area (Å²) in [6.07, 6.45) is 0.830. The van der Waals surface area contributed by atoms with Gasteiger partial charge in [0.15, 0.2) is 0 Å².